The highest BCUT2D eigenvalue weighted by molar-refractivity contribution is 5.37. The van der Waals surface area contributed by atoms with Crippen LogP contribution in [0, 0.1) is 0 Å². The maximum atomic E-state index is 6.01. The number of benzene rings is 1. The first-order chi connectivity index (χ1) is 5.83. The van der Waals surface area contributed by atoms with Crippen molar-refractivity contribution in [1.82, 2.24) is 0 Å². The predicted octanol–water partition coefficient (Wildman–Crippen LogP) is 2.58. The molecule has 1 aromatic carbocycles. The molecular weight excluding hydrogens is 146 g/mol. The molecule has 0 saturated heterocycles. The molecule has 1 aliphatic carbocycles. The van der Waals surface area contributed by atoms with E-state index >= 15 is 0 Å². The van der Waals surface area contributed by atoms with Gasteiger partial charge in [0.15, 0.2) is 0 Å². The summed E-state index contributed by atoms with van der Waals surface area (Å²) >= 11 is 0. The Labute approximate surface area is 73.6 Å². The maximum Gasteiger partial charge on any atom is 0.0303 e. The Hall–Kier alpha value is -0.820. The molecule has 1 nitrogen and oxygen atoms in total. The molecule has 0 fully saturated rings. The Morgan fingerprint density at radius 2 is 2.00 bits per heavy atom. The van der Waals surface area contributed by atoms with E-state index < -0.39 is 0 Å². The SMILES string of the molecule is CCC1CC(N)c2ccccc21. The summed E-state index contributed by atoms with van der Waals surface area (Å²) in [5.74, 6) is 0.705. The molecule has 2 N–H and O–H groups in total. The van der Waals surface area contributed by atoms with E-state index in [9.17, 15) is 0 Å². The van der Waals surface area contributed by atoms with Gasteiger partial charge in [0.05, 0.1) is 0 Å². The van der Waals surface area contributed by atoms with E-state index in [2.05, 4.69) is 31.2 Å². The minimum atomic E-state index is 0.283. The van der Waals surface area contributed by atoms with Crippen molar-refractivity contribution >= 4 is 0 Å². The maximum absolute atomic E-state index is 6.01. The summed E-state index contributed by atoms with van der Waals surface area (Å²) in [6, 6.07) is 8.86. The topological polar surface area (TPSA) is 26.0 Å². The second kappa shape index (κ2) is 2.91. The molecule has 12 heavy (non-hydrogen) atoms. The van der Waals surface area contributed by atoms with Gasteiger partial charge in [0.2, 0.25) is 0 Å². The van der Waals surface area contributed by atoms with Crippen molar-refractivity contribution in [2.45, 2.75) is 31.7 Å². The molecular formula is C11H15N. The van der Waals surface area contributed by atoms with Crippen LogP contribution in [0.1, 0.15) is 42.9 Å². The van der Waals surface area contributed by atoms with Crippen LogP contribution in [0.5, 0.6) is 0 Å². The van der Waals surface area contributed by atoms with E-state index in [1.54, 1.807) is 0 Å². The molecule has 1 aromatic rings. The van der Waals surface area contributed by atoms with Crippen molar-refractivity contribution in [3.8, 4) is 0 Å². The van der Waals surface area contributed by atoms with E-state index in [1.165, 1.54) is 17.5 Å². The van der Waals surface area contributed by atoms with E-state index in [0.717, 1.165) is 6.42 Å². The minimum absolute atomic E-state index is 0.283. The Balaban J connectivity index is 2.43. The van der Waals surface area contributed by atoms with Crippen LogP contribution in [-0.2, 0) is 0 Å². The van der Waals surface area contributed by atoms with Crippen LogP contribution in [0.25, 0.3) is 0 Å². The molecule has 0 heterocycles. The summed E-state index contributed by atoms with van der Waals surface area (Å²) in [5.41, 5.74) is 8.86. The summed E-state index contributed by atoms with van der Waals surface area (Å²) in [6.07, 6.45) is 2.35. The van der Waals surface area contributed by atoms with Crippen LogP contribution >= 0.6 is 0 Å². The second-order valence-electron chi connectivity index (χ2n) is 3.58. The average molecular weight is 161 g/mol. The third kappa shape index (κ3) is 1.05. The molecule has 0 spiro atoms. The fourth-order valence-electron chi connectivity index (χ4n) is 2.17. The van der Waals surface area contributed by atoms with Gasteiger partial charge in [0, 0.05) is 6.04 Å². The largest absolute Gasteiger partial charge is 0.324 e. The summed E-state index contributed by atoms with van der Waals surface area (Å²) < 4.78 is 0. The van der Waals surface area contributed by atoms with E-state index in [-0.39, 0.29) is 6.04 Å². The lowest BCUT2D eigenvalue weighted by Crippen LogP contribution is -2.05. The highest BCUT2D eigenvalue weighted by atomic mass is 14.7. The molecule has 0 aliphatic heterocycles. The molecule has 0 bridgehead atoms. The van der Waals surface area contributed by atoms with Crippen molar-refractivity contribution in [2.75, 3.05) is 0 Å². The Kier molecular flexibility index (Phi) is 1.89. The van der Waals surface area contributed by atoms with Gasteiger partial charge in [-0.1, -0.05) is 31.2 Å². The van der Waals surface area contributed by atoms with Gasteiger partial charge in [-0.05, 0) is 29.9 Å². The fraction of sp³-hybridized carbons (Fsp3) is 0.455. The van der Waals surface area contributed by atoms with Gasteiger partial charge in [-0.15, -0.1) is 0 Å². The monoisotopic (exact) mass is 161 g/mol. The highest BCUT2D eigenvalue weighted by Crippen LogP contribution is 2.40. The van der Waals surface area contributed by atoms with Gasteiger partial charge in [0.1, 0.15) is 0 Å². The molecule has 2 unspecified atom stereocenters. The van der Waals surface area contributed by atoms with E-state index in [1.807, 2.05) is 0 Å². The lowest BCUT2D eigenvalue weighted by Gasteiger charge is -2.06. The van der Waals surface area contributed by atoms with E-state index in [4.69, 9.17) is 5.73 Å². The standard InChI is InChI=1S/C11H15N/c1-2-8-7-11(12)10-6-4-3-5-9(8)10/h3-6,8,11H,2,7,12H2,1H3. The molecule has 1 heteroatoms. The van der Waals surface area contributed by atoms with Gasteiger partial charge >= 0.3 is 0 Å². The van der Waals surface area contributed by atoms with Crippen LogP contribution in [0.3, 0.4) is 0 Å². The summed E-state index contributed by atoms with van der Waals surface area (Å²) in [5, 5.41) is 0. The number of fused-ring (bicyclic) bond motifs is 1. The van der Waals surface area contributed by atoms with Crippen molar-refractivity contribution in [1.29, 1.82) is 0 Å². The highest BCUT2D eigenvalue weighted by Gasteiger charge is 2.26. The molecule has 0 amide bonds. The van der Waals surface area contributed by atoms with Crippen molar-refractivity contribution < 1.29 is 0 Å². The van der Waals surface area contributed by atoms with Crippen molar-refractivity contribution in [2.24, 2.45) is 5.73 Å². The molecule has 1 aliphatic rings. The molecule has 2 atom stereocenters. The smallest absolute Gasteiger partial charge is 0.0303 e. The zero-order valence-corrected chi connectivity index (χ0v) is 7.46. The average Bonchev–Trinajstić information content (AvgIpc) is 2.44. The first-order valence-corrected chi connectivity index (χ1v) is 4.67. The Morgan fingerprint density at radius 1 is 1.33 bits per heavy atom. The zero-order valence-electron chi connectivity index (χ0n) is 7.46. The molecule has 0 radical (unpaired) electrons. The number of hydrogen-bond acceptors (Lipinski definition) is 1. The van der Waals surface area contributed by atoms with Crippen LogP contribution in [0.2, 0.25) is 0 Å². The molecule has 0 saturated carbocycles. The van der Waals surface area contributed by atoms with Crippen molar-refractivity contribution in [3.05, 3.63) is 35.4 Å². The quantitative estimate of drug-likeness (QED) is 0.673. The zero-order chi connectivity index (χ0) is 8.55. The second-order valence-corrected chi connectivity index (χ2v) is 3.58. The first-order valence-electron chi connectivity index (χ1n) is 4.67. The van der Waals surface area contributed by atoms with Crippen molar-refractivity contribution in [3.63, 3.8) is 0 Å². The predicted molar refractivity (Wildman–Crippen MR) is 51.0 cm³/mol. The lowest BCUT2D eigenvalue weighted by molar-refractivity contribution is 0.589. The van der Waals surface area contributed by atoms with Gasteiger partial charge in [-0.3, -0.25) is 0 Å². The molecule has 0 aromatic heterocycles. The number of nitrogens with two attached hydrogens (primary N) is 1. The minimum Gasteiger partial charge on any atom is -0.324 e. The summed E-state index contributed by atoms with van der Waals surface area (Å²) in [7, 11) is 0. The molecule has 64 valence electrons. The van der Waals surface area contributed by atoms with Gasteiger partial charge in [-0.25, -0.2) is 0 Å². The normalized spacial score (nSPS) is 27.2. The first kappa shape index (κ1) is 7.81. The summed E-state index contributed by atoms with van der Waals surface area (Å²) in [4.78, 5) is 0. The Bertz CT molecular complexity index is 280. The number of hydrogen-bond donors (Lipinski definition) is 1. The van der Waals surface area contributed by atoms with Crippen LogP contribution in [0.4, 0.5) is 0 Å². The van der Waals surface area contributed by atoms with Gasteiger partial charge in [-0.2, -0.15) is 0 Å². The number of rotatable bonds is 1. The Morgan fingerprint density at radius 3 is 2.67 bits per heavy atom. The van der Waals surface area contributed by atoms with Crippen LogP contribution in [0.15, 0.2) is 24.3 Å². The third-order valence-corrected chi connectivity index (χ3v) is 2.87. The summed E-state index contributed by atoms with van der Waals surface area (Å²) in [6.45, 7) is 2.24. The van der Waals surface area contributed by atoms with Gasteiger partial charge < -0.3 is 5.73 Å². The molecule has 2 rings (SSSR count). The fourth-order valence-corrected chi connectivity index (χ4v) is 2.17. The third-order valence-electron chi connectivity index (χ3n) is 2.87. The van der Waals surface area contributed by atoms with Crippen LogP contribution in [-0.4, -0.2) is 0 Å². The van der Waals surface area contributed by atoms with Crippen LogP contribution < -0.4 is 5.73 Å². The lowest BCUT2D eigenvalue weighted by atomic mass is 9.99. The van der Waals surface area contributed by atoms with E-state index in [0.29, 0.717) is 5.92 Å². The van der Waals surface area contributed by atoms with Gasteiger partial charge in [0.25, 0.3) is 0 Å².